The Balaban J connectivity index is 2.00. The van der Waals surface area contributed by atoms with Crippen LogP contribution in [0.25, 0.3) is 0 Å². The summed E-state index contributed by atoms with van der Waals surface area (Å²) in [6.07, 6.45) is 1.05. The predicted octanol–water partition coefficient (Wildman–Crippen LogP) is 2.62. The monoisotopic (exact) mass is 288 g/mol. The van der Waals surface area contributed by atoms with Gasteiger partial charge in [-0.15, -0.1) is 0 Å². The van der Waals surface area contributed by atoms with Crippen molar-refractivity contribution in [3.63, 3.8) is 0 Å². The summed E-state index contributed by atoms with van der Waals surface area (Å²) < 4.78 is 18.9. The standard InChI is InChI=1S/C11H14BrFN2O/c12-8-3-10(14)11(4-9(8)13)15-5-7-1-2-16-6-7/h3-4,7,15H,1-2,5-6,14H2. The van der Waals surface area contributed by atoms with Crippen LogP contribution in [0.4, 0.5) is 15.8 Å². The second-order valence-corrected chi connectivity index (χ2v) is 4.82. The minimum absolute atomic E-state index is 0.306. The predicted molar refractivity (Wildman–Crippen MR) is 65.9 cm³/mol. The average Bonchev–Trinajstić information content (AvgIpc) is 2.74. The summed E-state index contributed by atoms with van der Waals surface area (Å²) in [5.74, 6) is 0.186. The lowest BCUT2D eigenvalue weighted by molar-refractivity contribution is 0.187. The molecule has 1 atom stereocenters. The fourth-order valence-corrected chi connectivity index (χ4v) is 2.08. The van der Waals surface area contributed by atoms with Crippen molar-refractivity contribution < 1.29 is 9.13 Å². The van der Waals surface area contributed by atoms with Crippen LogP contribution >= 0.6 is 15.9 Å². The molecule has 5 heteroatoms. The highest BCUT2D eigenvalue weighted by Gasteiger charge is 2.15. The molecule has 1 aromatic carbocycles. The van der Waals surface area contributed by atoms with Crippen LogP contribution in [0.5, 0.6) is 0 Å². The molecule has 1 aliphatic rings. The molecule has 88 valence electrons. The first kappa shape index (κ1) is 11.7. The van der Waals surface area contributed by atoms with Gasteiger partial charge in [0.15, 0.2) is 0 Å². The molecule has 0 aliphatic carbocycles. The number of hydrogen-bond acceptors (Lipinski definition) is 3. The van der Waals surface area contributed by atoms with E-state index in [1.54, 1.807) is 6.07 Å². The Hall–Kier alpha value is -0.810. The second kappa shape index (κ2) is 5.01. The van der Waals surface area contributed by atoms with Crippen molar-refractivity contribution in [1.29, 1.82) is 0 Å². The third-order valence-electron chi connectivity index (χ3n) is 2.70. The zero-order valence-corrected chi connectivity index (χ0v) is 10.4. The van der Waals surface area contributed by atoms with Crippen molar-refractivity contribution >= 4 is 27.3 Å². The van der Waals surface area contributed by atoms with Crippen molar-refractivity contribution in [2.45, 2.75) is 6.42 Å². The van der Waals surface area contributed by atoms with E-state index in [-0.39, 0.29) is 5.82 Å². The molecule has 1 heterocycles. The molecule has 0 aromatic heterocycles. The maximum Gasteiger partial charge on any atom is 0.139 e. The Bertz CT molecular complexity index is 380. The molecular weight excluding hydrogens is 275 g/mol. The van der Waals surface area contributed by atoms with Crippen molar-refractivity contribution in [2.24, 2.45) is 5.92 Å². The first-order valence-corrected chi connectivity index (χ1v) is 6.02. The first-order valence-electron chi connectivity index (χ1n) is 5.23. The van der Waals surface area contributed by atoms with Gasteiger partial charge in [0.1, 0.15) is 5.82 Å². The van der Waals surface area contributed by atoms with E-state index in [0.717, 1.165) is 26.2 Å². The molecule has 16 heavy (non-hydrogen) atoms. The third kappa shape index (κ3) is 2.65. The Morgan fingerprint density at radius 3 is 3.06 bits per heavy atom. The molecule has 1 aliphatic heterocycles. The normalized spacial score (nSPS) is 20.0. The van der Waals surface area contributed by atoms with Gasteiger partial charge in [-0.2, -0.15) is 0 Å². The third-order valence-corrected chi connectivity index (χ3v) is 3.31. The van der Waals surface area contributed by atoms with Crippen molar-refractivity contribution in [3.8, 4) is 0 Å². The van der Waals surface area contributed by atoms with Crippen LogP contribution in [0.2, 0.25) is 0 Å². The van der Waals surface area contributed by atoms with Gasteiger partial charge in [-0.1, -0.05) is 0 Å². The van der Waals surface area contributed by atoms with E-state index < -0.39 is 0 Å². The molecule has 0 amide bonds. The smallest absolute Gasteiger partial charge is 0.139 e. The fourth-order valence-electron chi connectivity index (χ4n) is 1.71. The zero-order chi connectivity index (χ0) is 11.5. The molecule has 1 aromatic rings. The Labute approximate surface area is 102 Å². The van der Waals surface area contributed by atoms with Gasteiger partial charge in [-0.25, -0.2) is 4.39 Å². The highest BCUT2D eigenvalue weighted by molar-refractivity contribution is 9.10. The number of nitrogens with one attached hydrogen (secondary N) is 1. The highest BCUT2D eigenvalue weighted by Crippen LogP contribution is 2.27. The number of nitrogen functional groups attached to an aromatic ring is 1. The van der Waals surface area contributed by atoms with Gasteiger partial charge in [0.2, 0.25) is 0 Å². The number of rotatable bonds is 3. The maximum absolute atomic E-state index is 13.3. The summed E-state index contributed by atoms with van der Waals surface area (Å²) in [7, 11) is 0. The zero-order valence-electron chi connectivity index (χ0n) is 8.80. The largest absolute Gasteiger partial charge is 0.397 e. The van der Waals surface area contributed by atoms with E-state index in [1.165, 1.54) is 6.07 Å². The summed E-state index contributed by atoms with van der Waals surface area (Å²) in [4.78, 5) is 0. The van der Waals surface area contributed by atoms with Crippen LogP contribution < -0.4 is 11.1 Å². The molecule has 0 bridgehead atoms. The van der Waals surface area contributed by atoms with Gasteiger partial charge in [-0.05, 0) is 28.4 Å². The Kier molecular flexibility index (Phi) is 3.66. The van der Waals surface area contributed by atoms with Gasteiger partial charge < -0.3 is 15.8 Å². The minimum Gasteiger partial charge on any atom is -0.397 e. The molecule has 1 fully saturated rings. The summed E-state index contributed by atoms with van der Waals surface area (Å²) >= 11 is 3.09. The lowest BCUT2D eigenvalue weighted by atomic mass is 10.1. The molecular formula is C11H14BrFN2O. The summed E-state index contributed by atoms with van der Waals surface area (Å²) in [6, 6.07) is 2.98. The van der Waals surface area contributed by atoms with Crippen molar-refractivity contribution in [3.05, 3.63) is 22.4 Å². The SMILES string of the molecule is Nc1cc(Br)c(F)cc1NCC1CCOC1. The van der Waals surface area contributed by atoms with Crippen molar-refractivity contribution in [2.75, 3.05) is 30.8 Å². The molecule has 0 spiro atoms. The fraction of sp³-hybridized carbons (Fsp3) is 0.455. The molecule has 1 saturated heterocycles. The van der Waals surface area contributed by atoms with E-state index in [4.69, 9.17) is 10.5 Å². The summed E-state index contributed by atoms with van der Waals surface area (Å²) in [5.41, 5.74) is 6.98. The highest BCUT2D eigenvalue weighted by atomic mass is 79.9. The van der Waals surface area contributed by atoms with Crippen LogP contribution in [0.15, 0.2) is 16.6 Å². The number of nitrogens with two attached hydrogens (primary N) is 1. The number of halogens is 2. The number of hydrogen-bond donors (Lipinski definition) is 2. The van der Waals surface area contributed by atoms with Gasteiger partial charge >= 0.3 is 0 Å². The number of ether oxygens (including phenoxy) is 1. The van der Waals surface area contributed by atoms with Gasteiger partial charge in [-0.3, -0.25) is 0 Å². The van der Waals surface area contributed by atoms with Crippen LogP contribution in [-0.4, -0.2) is 19.8 Å². The lowest BCUT2D eigenvalue weighted by Gasteiger charge is -2.13. The lowest BCUT2D eigenvalue weighted by Crippen LogP contribution is -2.15. The molecule has 1 unspecified atom stereocenters. The molecule has 0 radical (unpaired) electrons. The summed E-state index contributed by atoms with van der Waals surface area (Å²) in [5, 5.41) is 3.16. The van der Waals surface area contributed by atoms with E-state index in [0.29, 0.717) is 21.8 Å². The Morgan fingerprint density at radius 1 is 1.56 bits per heavy atom. The first-order chi connectivity index (χ1) is 7.66. The van der Waals surface area contributed by atoms with Crippen LogP contribution in [0.3, 0.4) is 0 Å². The topological polar surface area (TPSA) is 47.3 Å². The van der Waals surface area contributed by atoms with E-state index in [1.807, 2.05) is 0 Å². The van der Waals surface area contributed by atoms with Gasteiger partial charge in [0.05, 0.1) is 22.5 Å². The van der Waals surface area contributed by atoms with E-state index >= 15 is 0 Å². The molecule has 0 saturated carbocycles. The number of benzene rings is 1. The van der Waals surface area contributed by atoms with Crippen molar-refractivity contribution in [1.82, 2.24) is 0 Å². The molecule has 3 N–H and O–H groups in total. The van der Waals surface area contributed by atoms with E-state index in [9.17, 15) is 4.39 Å². The minimum atomic E-state index is -0.306. The Morgan fingerprint density at radius 2 is 2.38 bits per heavy atom. The number of anilines is 2. The quantitative estimate of drug-likeness (QED) is 0.841. The van der Waals surface area contributed by atoms with Crippen LogP contribution in [0.1, 0.15) is 6.42 Å². The van der Waals surface area contributed by atoms with Gasteiger partial charge in [0.25, 0.3) is 0 Å². The molecule has 2 rings (SSSR count). The second-order valence-electron chi connectivity index (χ2n) is 3.96. The van der Waals surface area contributed by atoms with Crippen LogP contribution in [-0.2, 0) is 4.74 Å². The van der Waals surface area contributed by atoms with E-state index in [2.05, 4.69) is 21.2 Å². The average molecular weight is 289 g/mol. The summed E-state index contributed by atoms with van der Waals surface area (Å²) in [6.45, 7) is 2.35. The van der Waals surface area contributed by atoms with Gasteiger partial charge in [0, 0.05) is 25.1 Å². The van der Waals surface area contributed by atoms with Crippen LogP contribution in [0, 0.1) is 11.7 Å². The molecule has 3 nitrogen and oxygen atoms in total. The maximum atomic E-state index is 13.3.